The van der Waals surface area contributed by atoms with E-state index in [1.807, 2.05) is 6.92 Å². The highest BCUT2D eigenvalue weighted by atomic mass is 16.1. The number of hydrogen-bond acceptors (Lipinski definition) is 3. The summed E-state index contributed by atoms with van der Waals surface area (Å²) in [5.74, 6) is 0.409. The number of carbonyl (C=O) groups excluding carboxylic acids is 1. The fourth-order valence-corrected chi connectivity index (χ4v) is 7.60. The van der Waals surface area contributed by atoms with Crippen LogP contribution < -0.4 is 0 Å². The lowest BCUT2D eigenvalue weighted by Gasteiger charge is -2.30. The minimum Gasteiger partial charge on any atom is -0.304 e. The first-order chi connectivity index (χ1) is 23.6. The van der Waals surface area contributed by atoms with Crippen molar-refractivity contribution < 1.29 is 4.79 Å². The maximum absolute atomic E-state index is 13.0. The van der Waals surface area contributed by atoms with Crippen LogP contribution in [0, 0.1) is 0 Å². The minimum atomic E-state index is 0.138. The Labute approximate surface area is 304 Å². The zero-order valence-corrected chi connectivity index (χ0v) is 34.3. The van der Waals surface area contributed by atoms with Crippen molar-refractivity contribution in [1.29, 1.82) is 0 Å². The van der Waals surface area contributed by atoms with Gasteiger partial charge in [-0.3, -0.25) is 9.69 Å². The van der Waals surface area contributed by atoms with Crippen molar-refractivity contribution in [3.63, 3.8) is 0 Å². The Morgan fingerprint density at radius 1 is 0.375 bits per heavy atom. The number of hydrogen-bond donors (Lipinski definition) is 0. The van der Waals surface area contributed by atoms with Crippen LogP contribution in [0.25, 0.3) is 0 Å². The molecule has 0 aliphatic carbocycles. The van der Waals surface area contributed by atoms with Crippen LogP contribution in [-0.4, -0.2) is 54.3 Å². The molecular weight excluding hydrogens is 585 g/mol. The second kappa shape index (κ2) is 39.4. The summed E-state index contributed by atoms with van der Waals surface area (Å²) in [6, 6.07) is 0.138. The van der Waals surface area contributed by atoms with Gasteiger partial charge in [0.2, 0.25) is 0 Å². The average molecular weight is 677 g/mol. The van der Waals surface area contributed by atoms with Crippen molar-refractivity contribution in [1.82, 2.24) is 9.80 Å². The Kier molecular flexibility index (Phi) is 39.0. The van der Waals surface area contributed by atoms with Crippen molar-refractivity contribution in [2.24, 2.45) is 0 Å². The molecule has 0 rings (SSSR count). The van der Waals surface area contributed by atoms with Gasteiger partial charge in [0.1, 0.15) is 5.78 Å². The molecule has 48 heavy (non-hydrogen) atoms. The van der Waals surface area contributed by atoms with Crippen LogP contribution >= 0.6 is 0 Å². The molecule has 0 bridgehead atoms. The van der Waals surface area contributed by atoms with Crippen LogP contribution in [0.1, 0.15) is 247 Å². The number of unbranched alkanes of at least 4 members (excludes halogenated alkanes) is 28. The van der Waals surface area contributed by atoms with Gasteiger partial charge in [-0.2, -0.15) is 0 Å². The fourth-order valence-electron chi connectivity index (χ4n) is 7.60. The first-order valence-corrected chi connectivity index (χ1v) is 22.6. The summed E-state index contributed by atoms with van der Waals surface area (Å²) in [6.45, 7) is 17.0. The van der Waals surface area contributed by atoms with Gasteiger partial charge in [0.25, 0.3) is 0 Å². The van der Waals surface area contributed by atoms with Crippen LogP contribution in [0.5, 0.6) is 0 Å². The summed E-state index contributed by atoms with van der Waals surface area (Å²) in [4.78, 5) is 18.3. The molecule has 0 aromatic heterocycles. The highest BCUT2D eigenvalue weighted by Gasteiger charge is 2.22. The van der Waals surface area contributed by atoms with Crippen molar-refractivity contribution in [2.45, 2.75) is 253 Å². The van der Waals surface area contributed by atoms with E-state index in [4.69, 9.17) is 0 Å². The molecule has 0 aromatic carbocycles. The number of rotatable bonds is 41. The second-order valence-electron chi connectivity index (χ2n) is 15.6. The van der Waals surface area contributed by atoms with Gasteiger partial charge in [-0.05, 0) is 71.8 Å². The Morgan fingerprint density at radius 2 is 0.646 bits per heavy atom. The molecule has 0 fully saturated rings. The van der Waals surface area contributed by atoms with E-state index in [-0.39, 0.29) is 6.04 Å². The van der Waals surface area contributed by atoms with E-state index in [0.29, 0.717) is 5.78 Å². The Bertz CT molecular complexity index is 598. The molecule has 0 saturated heterocycles. The summed E-state index contributed by atoms with van der Waals surface area (Å²) in [5.41, 5.74) is 0. The Hall–Kier alpha value is -0.410. The van der Waals surface area contributed by atoms with E-state index < -0.39 is 0 Å². The number of nitrogens with zero attached hydrogens (tertiary/aromatic N) is 2. The highest BCUT2D eigenvalue weighted by molar-refractivity contribution is 5.81. The molecule has 0 saturated carbocycles. The highest BCUT2D eigenvalue weighted by Crippen LogP contribution is 2.18. The lowest BCUT2D eigenvalue weighted by molar-refractivity contribution is -0.122. The van der Waals surface area contributed by atoms with Gasteiger partial charge in [0, 0.05) is 0 Å². The molecule has 0 aliphatic heterocycles. The molecule has 3 heteroatoms. The van der Waals surface area contributed by atoms with E-state index in [1.165, 1.54) is 219 Å². The van der Waals surface area contributed by atoms with Gasteiger partial charge >= 0.3 is 0 Å². The Morgan fingerprint density at radius 3 is 0.938 bits per heavy atom. The lowest BCUT2D eigenvalue weighted by atomic mass is 10.0. The van der Waals surface area contributed by atoms with Crippen molar-refractivity contribution >= 4 is 5.78 Å². The van der Waals surface area contributed by atoms with Gasteiger partial charge in [-0.1, -0.05) is 207 Å². The maximum atomic E-state index is 13.0. The van der Waals surface area contributed by atoms with Gasteiger partial charge < -0.3 is 4.90 Å². The summed E-state index contributed by atoms with van der Waals surface area (Å²) >= 11 is 0. The second-order valence-corrected chi connectivity index (χ2v) is 15.6. The van der Waals surface area contributed by atoms with E-state index in [2.05, 4.69) is 37.5 Å². The van der Waals surface area contributed by atoms with Crippen molar-refractivity contribution in [2.75, 3.05) is 32.7 Å². The molecule has 288 valence electrons. The predicted octanol–water partition coefficient (Wildman–Crippen LogP) is 14.5. The topological polar surface area (TPSA) is 23.6 Å². The molecule has 0 N–H and O–H groups in total. The quantitative estimate of drug-likeness (QED) is 0.0602. The molecule has 0 spiro atoms. The van der Waals surface area contributed by atoms with Gasteiger partial charge in [-0.15, -0.1) is 0 Å². The molecule has 0 amide bonds. The zero-order valence-electron chi connectivity index (χ0n) is 34.3. The summed E-state index contributed by atoms with van der Waals surface area (Å²) in [7, 11) is 0. The first-order valence-electron chi connectivity index (χ1n) is 22.6. The molecule has 1 atom stereocenters. The molecule has 3 nitrogen and oxygen atoms in total. The van der Waals surface area contributed by atoms with E-state index in [9.17, 15) is 4.79 Å². The third-order valence-corrected chi connectivity index (χ3v) is 11.0. The molecule has 0 heterocycles. The lowest BCUT2D eigenvalue weighted by Crippen LogP contribution is -2.41. The SMILES string of the molecule is CCCCCCCCCCCCN(CC)CCCCC(C(C)=O)N(CCCCCCCCCCCC)CCCCCCCCCCCC. The van der Waals surface area contributed by atoms with Gasteiger partial charge in [-0.25, -0.2) is 0 Å². The van der Waals surface area contributed by atoms with Crippen LogP contribution in [0.2, 0.25) is 0 Å². The third kappa shape index (κ3) is 32.8. The van der Waals surface area contributed by atoms with Crippen LogP contribution in [0.3, 0.4) is 0 Å². The monoisotopic (exact) mass is 677 g/mol. The van der Waals surface area contributed by atoms with E-state index in [1.54, 1.807) is 0 Å². The minimum absolute atomic E-state index is 0.138. The maximum Gasteiger partial charge on any atom is 0.146 e. The molecular formula is C45H92N2O. The predicted molar refractivity (Wildman–Crippen MR) is 218 cm³/mol. The smallest absolute Gasteiger partial charge is 0.146 e. The third-order valence-electron chi connectivity index (χ3n) is 11.0. The van der Waals surface area contributed by atoms with Crippen LogP contribution in [0.4, 0.5) is 0 Å². The summed E-state index contributed by atoms with van der Waals surface area (Å²) in [5, 5.41) is 0. The summed E-state index contributed by atoms with van der Waals surface area (Å²) < 4.78 is 0. The first kappa shape index (κ1) is 47.6. The fraction of sp³-hybridized carbons (Fsp3) is 0.978. The van der Waals surface area contributed by atoms with Crippen LogP contribution in [0.15, 0.2) is 0 Å². The van der Waals surface area contributed by atoms with Crippen molar-refractivity contribution in [3.05, 3.63) is 0 Å². The molecule has 0 aliphatic rings. The normalized spacial score (nSPS) is 12.5. The number of carbonyl (C=O) groups is 1. The molecule has 0 aromatic rings. The van der Waals surface area contributed by atoms with Gasteiger partial charge in [0.05, 0.1) is 6.04 Å². The van der Waals surface area contributed by atoms with Crippen molar-refractivity contribution in [3.8, 4) is 0 Å². The number of ketones is 1. The standard InChI is InChI=1S/C45H92N2O/c1-6-10-13-16-19-22-25-28-31-35-40-46(9-4)41-38-34-39-45(44(5)48)47(42-36-32-29-26-23-20-17-14-11-7-2)43-37-33-30-27-24-21-18-15-12-8-3/h45H,6-43H2,1-5H3. The Balaban J connectivity index is 4.49. The molecule has 0 radical (unpaired) electrons. The van der Waals surface area contributed by atoms with Gasteiger partial charge in [0.15, 0.2) is 0 Å². The van der Waals surface area contributed by atoms with E-state index in [0.717, 1.165) is 26.1 Å². The summed E-state index contributed by atoms with van der Waals surface area (Å²) in [6.07, 6.45) is 45.2. The average Bonchev–Trinajstić information content (AvgIpc) is 3.08. The largest absolute Gasteiger partial charge is 0.304 e. The zero-order chi connectivity index (χ0) is 35.2. The van der Waals surface area contributed by atoms with E-state index >= 15 is 0 Å². The number of Topliss-reactive ketones (excluding diaryl/α,β-unsaturated/α-hetero) is 1. The molecule has 1 unspecified atom stereocenters. The van der Waals surface area contributed by atoms with Crippen LogP contribution in [-0.2, 0) is 4.79 Å².